The van der Waals surface area contributed by atoms with Gasteiger partial charge in [-0.05, 0) is 37.8 Å². The highest BCUT2D eigenvalue weighted by molar-refractivity contribution is 5.99. The fraction of sp³-hybridized carbons (Fsp3) is 0.556. The average molecular weight is 354 g/mol. The van der Waals surface area contributed by atoms with Crippen LogP contribution in [0.4, 0.5) is 13.2 Å². The molecule has 0 spiro atoms. The first-order valence-corrected chi connectivity index (χ1v) is 8.50. The SMILES string of the molecule is Cc1ccc(C(=O)N2N=C(C3CCCCC3)C[C@@]2(O)C(F)(F)F)cc1. The number of benzene rings is 1. The van der Waals surface area contributed by atoms with Crippen LogP contribution in [-0.2, 0) is 0 Å². The van der Waals surface area contributed by atoms with Crippen LogP contribution in [0, 0.1) is 12.8 Å². The minimum atomic E-state index is -4.98. The summed E-state index contributed by atoms with van der Waals surface area (Å²) in [5.74, 6) is -1.04. The third kappa shape index (κ3) is 3.29. The van der Waals surface area contributed by atoms with E-state index in [1.165, 1.54) is 12.1 Å². The molecule has 0 bridgehead atoms. The Morgan fingerprint density at radius 2 is 1.80 bits per heavy atom. The molecule has 1 aromatic carbocycles. The molecular weight excluding hydrogens is 333 g/mol. The van der Waals surface area contributed by atoms with Crippen molar-refractivity contribution >= 4 is 11.6 Å². The van der Waals surface area contributed by atoms with Crippen molar-refractivity contribution in [1.82, 2.24) is 5.01 Å². The van der Waals surface area contributed by atoms with E-state index in [-0.39, 0.29) is 22.2 Å². The molecule has 1 aliphatic carbocycles. The van der Waals surface area contributed by atoms with E-state index in [2.05, 4.69) is 5.10 Å². The van der Waals surface area contributed by atoms with Gasteiger partial charge in [-0.25, -0.2) is 0 Å². The van der Waals surface area contributed by atoms with Crippen LogP contribution in [0.1, 0.15) is 54.4 Å². The molecule has 1 aromatic rings. The molecule has 1 saturated carbocycles. The van der Waals surface area contributed by atoms with Crippen LogP contribution in [0.15, 0.2) is 29.4 Å². The third-order valence-electron chi connectivity index (χ3n) is 5.03. The van der Waals surface area contributed by atoms with Crippen LogP contribution < -0.4 is 0 Å². The van der Waals surface area contributed by atoms with Gasteiger partial charge in [0.15, 0.2) is 0 Å². The minimum Gasteiger partial charge on any atom is -0.362 e. The monoisotopic (exact) mass is 354 g/mol. The van der Waals surface area contributed by atoms with Crippen LogP contribution >= 0.6 is 0 Å². The Morgan fingerprint density at radius 3 is 2.36 bits per heavy atom. The van der Waals surface area contributed by atoms with Crippen molar-refractivity contribution in [1.29, 1.82) is 0 Å². The summed E-state index contributed by atoms with van der Waals surface area (Å²) in [5, 5.41) is 14.5. The molecular formula is C18H21F3N2O2. The molecule has 136 valence electrons. The molecule has 0 radical (unpaired) electrons. The summed E-state index contributed by atoms with van der Waals surface area (Å²) in [6, 6.07) is 6.18. The predicted octanol–water partition coefficient (Wildman–Crippen LogP) is 4.03. The van der Waals surface area contributed by atoms with Crippen molar-refractivity contribution < 1.29 is 23.1 Å². The third-order valence-corrected chi connectivity index (χ3v) is 5.03. The number of rotatable bonds is 2. The molecule has 4 nitrogen and oxygen atoms in total. The quantitative estimate of drug-likeness (QED) is 0.872. The van der Waals surface area contributed by atoms with E-state index in [0.29, 0.717) is 0 Å². The molecule has 1 aliphatic heterocycles. The topological polar surface area (TPSA) is 52.9 Å². The maximum atomic E-state index is 13.6. The second-order valence-corrected chi connectivity index (χ2v) is 6.90. The van der Waals surface area contributed by atoms with Crippen LogP contribution in [0.5, 0.6) is 0 Å². The zero-order chi connectivity index (χ0) is 18.2. The second kappa shape index (κ2) is 6.44. The number of carbonyl (C=O) groups excluding carboxylic acids is 1. The summed E-state index contributed by atoms with van der Waals surface area (Å²) in [5.41, 5.74) is -2.04. The number of aliphatic hydroxyl groups is 1. The highest BCUT2D eigenvalue weighted by atomic mass is 19.4. The normalized spacial score (nSPS) is 25.2. The Labute approximate surface area is 144 Å². The lowest BCUT2D eigenvalue weighted by atomic mass is 9.83. The van der Waals surface area contributed by atoms with Gasteiger partial charge in [0.2, 0.25) is 0 Å². The highest BCUT2D eigenvalue weighted by Crippen LogP contribution is 2.43. The van der Waals surface area contributed by atoms with E-state index in [0.717, 1.165) is 37.7 Å². The van der Waals surface area contributed by atoms with Gasteiger partial charge in [0.05, 0.1) is 0 Å². The summed E-state index contributed by atoms with van der Waals surface area (Å²) in [4.78, 5) is 12.6. The summed E-state index contributed by atoms with van der Waals surface area (Å²) >= 11 is 0. The van der Waals surface area contributed by atoms with Crippen molar-refractivity contribution in [3.8, 4) is 0 Å². The fourth-order valence-electron chi connectivity index (χ4n) is 3.49. The summed E-state index contributed by atoms with van der Waals surface area (Å²) in [6.45, 7) is 1.81. The van der Waals surface area contributed by atoms with Gasteiger partial charge in [0, 0.05) is 17.7 Å². The number of alkyl halides is 3. The zero-order valence-corrected chi connectivity index (χ0v) is 14.0. The van der Waals surface area contributed by atoms with Gasteiger partial charge in [-0.1, -0.05) is 37.0 Å². The van der Waals surface area contributed by atoms with Gasteiger partial charge >= 0.3 is 6.18 Å². The molecule has 1 fully saturated rings. The Bertz CT molecular complexity index is 679. The zero-order valence-electron chi connectivity index (χ0n) is 14.0. The molecule has 0 unspecified atom stereocenters. The number of carbonyl (C=O) groups is 1. The Balaban J connectivity index is 1.94. The molecule has 1 N–H and O–H groups in total. The van der Waals surface area contributed by atoms with E-state index in [4.69, 9.17) is 0 Å². The number of hydrogen-bond acceptors (Lipinski definition) is 3. The van der Waals surface area contributed by atoms with Gasteiger partial charge in [-0.3, -0.25) is 4.79 Å². The average Bonchev–Trinajstić information content (AvgIpc) is 2.95. The molecule has 1 amide bonds. The molecule has 0 aromatic heterocycles. The molecule has 1 atom stereocenters. The predicted molar refractivity (Wildman–Crippen MR) is 87.0 cm³/mol. The first-order chi connectivity index (χ1) is 11.7. The lowest BCUT2D eigenvalue weighted by Crippen LogP contribution is -2.56. The number of hydrogen-bond donors (Lipinski definition) is 1. The van der Waals surface area contributed by atoms with E-state index in [9.17, 15) is 23.1 Å². The number of nitrogens with zero attached hydrogens (tertiary/aromatic N) is 2. The van der Waals surface area contributed by atoms with E-state index in [1.54, 1.807) is 12.1 Å². The van der Waals surface area contributed by atoms with E-state index >= 15 is 0 Å². The van der Waals surface area contributed by atoms with Crippen LogP contribution in [0.25, 0.3) is 0 Å². The largest absolute Gasteiger partial charge is 0.438 e. The smallest absolute Gasteiger partial charge is 0.362 e. The number of halogens is 3. The summed E-state index contributed by atoms with van der Waals surface area (Å²) in [6.07, 6.45) is -1.23. The van der Waals surface area contributed by atoms with Gasteiger partial charge in [0.25, 0.3) is 11.6 Å². The molecule has 2 aliphatic rings. The number of amides is 1. The van der Waals surface area contributed by atoms with Gasteiger partial charge in [0.1, 0.15) is 0 Å². The van der Waals surface area contributed by atoms with Crippen LogP contribution in [0.2, 0.25) is 0 Å². The minimum absolute atomic E-state index is 0.0712. The Kier molecular flexibility index (Phi) is 4.62. The first kappa shape index (κ1) is 17.9. The van der Waals surface area contributed by atoms with E-state index < -0.39 is 24.2 Å². The standard InChI is InChI=1S/C18H21F3N2O2/c1-12-7-9-14(10-8-12)16(24)23-17(25,18(19,20)21)11-15(22-23)13-5-3-2-4-6-13/h7-10,13,25H,2-6,11H2,1H3/t17-/m1/s1. The van der Waals surface area contributed by atoms with Crippen LogP contribution in [0.3, 0.4) is 0 Å². The maximum Gasteiger partial charge on any atom is 0.438 e. The van der Waals surface area contributed by atoms with Crippen molar-refractivity contribution in [2.24, 2.45) is 11.0 Å². The Hall–Kier alpha value is -1.89. The van der Waals surface area contributed by atoms with Gasteiger partial charge in [-0.2, -0.15) is 23.3 Å². The maximum absolute atomic E-state index is 13.6. The summed E-state index contributed by atoms with van der Waals surface area (Å²) in [7, 11) is 0. The fourth-order valence-corrected chi connectivity index (χ4v) is 3.49. The van der Waals surface area contributed by atoms with Crippen LogP contribution in [-0.4, -0.2) is 33.6 Å². The molecule has 0 saturated heterocycles. The molecule has 1 heterocycles. The first-order valence-electron chi connectivity index (χ1n) is 8.50. The summed E-state index contributed by atoms with van der Waals surface area (Å²) < 4.78 is 40.7. The van der Waals surface area contributed by atoms with Crippen molar-refractivity contribution in [3.05, 3.63) is 35.4 Å². The Morgan fingerprint density at radius 1 is 1.20 bits per heavy atom. The van der Waals surface area contributed by atoms with Gasteiger partial charge in [-0.15, -0.1) is 0 Å². The highest BCUT2D eigenvalue weighted by Gasteiger charge is 2.63. The lowest BCUT2D eigenvalue weighted by Gasteiger charge is -2.32. The second-order valence-electron chi connectivity index (χ2n) is 6.90. The van der Waals surface area contributed by atoms with E-state index in [1.807, 2.05) is 6.92 Å². The lowest BCUT2D eigenvalue weighted by molar-refractivity contribution is -0.297. The molecule has 3 rings (SSSR count). The number of aryl methyl sites for hydroxylation is 1. The van der Waals surface area contributed by atoms with Crippen molar-refractivity contribution in [2.45, 2.75) is 57.3 Å². The molecule has 7 heteroatoms. The van der Waals surface area contributed by atoms with Crippen molar-refractivity contribution in [2.75, 3.05) is 0 Å². The molecule has 25 heavy (non-hydrogen) atoms. The number of hydrazone groups is 1. The van der Waals surface area contributed by atoms with Gasteiger partial charge < -0.3 is 5.11 Å². The van der Waals surface area contributed by atoms with Crippen molar-refractivity contribution in [3.63, 3.8) is 0 Å².